The number of piperidine rings is 2. The highest BCUT2D eigenvalue weighted by Crippen LogP contribution is 2.19. The summed E-state index contributed by atoms with van der Waals surface area (Å²) >= 11 is 0. The Hall–Kier alpha value is -1.75. The third kappa shape index (κ3) is 3.71. The number of carbonyl (C=O) groups excluding carboxylic acids is 1. The molecule has 1 aromatic carbocycles. The molecule has 3 rings (SSSR count). The monoisotopic (exact) mass is 303 g/mol. The van der Waals surface area contributed by atoms with Crippen LogP contribution in [-0.2, 0) is 0 Å². The zero-order valence-corrected chi connectivity index (χ0v) is 12.9. The van der Waals surface area contributed by atoms with Gasteiger partial charge in [-0.2, -0.15) is 0 Å². The lowest BCUT2D eigenvalue weighted by Gasteiger charge is -2.36. The van der Waals surface area contributed by atoms with Gasteiger partial charge < -0.3 is 20.2 Å². The number of amides is 2. The molecule has 0 bridgehead atoms. The van der Waals surface area contributed by atoms with Crippen molar-refractivity contribution in [3.8, 4) is 0 Å². The lowest BCUT2D eigenvalue weighted by atomic mass is 10.0. The minimum absolute atomic E-state index is 0.0167. The second-order valence-corrected chi connectivity index (χ2v) is 6.29. The maximum Gasteiger partial charge on any atom is 0.317 e. The van der Waals surface area contributed by atoms with Crippen molar-refractivity contribution in [1.82, 2.24) is 10.2 Å². The van der Waals surface area contributed by atoms with Gasteiger partial charge >= 0.3 is 6.03 Å². The maximum absolute atomic E-state index is 12.3. The Morgan fingerprint density at radius 3 is 2.50 bits per heavy atom. The number of urea groups is 1. The molecule has 2 amide bonds. The number of para-hydroxylation sites is 1. The van der Waals surface area contributed by atoms with Gasteiger partial charge in [-0.25, -0.2) is 4.79 Å². The summed E-state index contributed by atoms with van der Waals surface area (Å²) in [6, 6.07) is 10.6. The summed E-state index contributed by atoms with van der Waals surface area (Å²) in [5.41, 5.74) is 1.26. The zero-order chi connectivity index (χ0) is 15.4. The van der Waals surface area contributed by atoms with E-state index in [9.17, 15) is 9.90 Å². The van der Waals surface area contributed by atoms with Crippen molar-refractivity contribution in [3.05, 3.63) is 30.3 Å². The fourth-order valence-corrected chi connectivity index (χ4v) is 3.33. The van der Waals surface area contributed by atoms with Gasteiger partial charge in [0.25, 0.3) is 0 Å². The molecule has 2 saturated heterocycles. The molecule has 0 radical (unpaired) electrons. The number of hydrogen-bond donors (Lipinski definition) is 2. The van der Waals surface area contributed by atoms with Crippen LogP contribution in [0.2, 0.25) is 0 Å². The number of β-amino-alcohol motifs (C(OH)–C–C–N with tert-alkyl or cyclic N) is 1. The van der Waals surface area contributed by atoms with Gasteiger partial charge in [0, 0.05) is 37.9 Å². The van der Waals surface area contributed by atoms with Gasteiger partial charge in [-0.05, 0) is 37.8 Å². The number of nitrogens with one attached hydrogen (secondary N) is 1. The number of likely N-dealkylation sites (tertiary alicyclic amines) is 1. The molecular formula is C17H25N3O2. The standard InChI is InChI=1S/C17H25N3O2/c21-16-7-4-10-20(13-16)17(22)18-14-8-11-19(12-9-14)15-5-2-1-3-6-15/h1-3,5-6,14,16,21H,4,7-13H2,(H,18,22). The smallest absolute Gasteiger partial charge is 0.317 e. The number of carbonyl (C=O) groups is 1. The van der Waals surface area contributed by atoms with E-state index in [1.54, 1.807) is 4.90 Å². The third-order valence-corrected chi connectivity index (χ3v) is 4.63. The summed E-state index contributed by atoms with van der Waals surface area (Å²) in [4.78, 5) is 16.4. The minimum Gasteiger partial charge on any atom is -0.391 e. The van der Waals surface area contributed by atoms with Gasteiger partial charge in [-0.1, -0.05) is 18.2 Å². The molecule has 0 saturated carbocycles. The highest BCUT2D eigenvalue weighted by atomic mass is 16.3. The largest absolute Gasteiger partial charge is 0.391 e. The van der Waals surface area contributed by atoms with E-state index in [4.69, 9.17) is 0 Å². The van der Waals surface area contributed by atoms with Gasteiger partial charge in [-0.15, -0.1) is 0 Å². The molecule has 0 spiro atoms. The summed E-state index contributed by atoms with van der Waals surface area (Å²) in [7, 11) is 0. The van der Waals surface area contributed by atoms with E-state index < -0.39 is 0 Å². The molecule has 0 aliphatic carbocycles. The molecule has 0 aromatic heterocycles. The van der Waals surface area contributed by atoms with Crippen LogP contribution in [0, 0.1) is 0 Å². The lowest BCUT2D eigenvalue weighted by Crippen LogP contribution is -2.52. The summed E-state index contributed by atoms with van der Waals surface area (Å²) in [6.45, 7) is 3.16. The van der Waals surface area contributed by atoms with Crippen LogP contribution in [0.4, 0.5) is 10.5 Å². The quantitative estimate of drug-likeness (QED) is 0.876. The van der Waals surface area contributed by atoms with E-state index in [0.717, 1.165) is 45.3 Å². The van der Waals surface area contributed by atoms with Crippen molar-refractivity contribution >= 4 is 11.7 Å². The van der Waals surface area contributed by atoms with Crippen LogP contribution in [0.15, 0.2) is 30.3 Å². The van der Waals surface area contributed by atoms with Crippen LogP contribution < -0.4 is 10.2 Å². The van der Waals surface area contributed by atoms with E-state index in [1.807, 2.05) is 6.07 Å². The second kappa shape index (κ2) is 7.01. The predicted octanol–water partition coefficient (Wildman–Crippen LogP) is 1.82. The van der Waals surface area contributed by atoms with E-state index >= 15 is 0 Å². The van der Waals surface area contributed by atoms with E-state index in [0.29, 0.717) is 6.54 Å². The van der Waals surface area contributed by atoms with Crippen molar-refractivity contribution < 1.29 is 9.90 Å². The van der Waals surface area contributed by atoms with E-state index in [2.05, 4.69) is 34.5 Å². The van der Waals surface area contributed by atoms with Crippen molar-refractivity contribution in [2.45, 2.75) is 37.8 Å². The topological polar surface area (TPSA) is 55.8 Å². The zero-order valence-electron chi connectivity index (χ0n) is 12.9. The molecule has 1 aromatic rings. The second-order valence-electron chi connectivity index (χ2n) is 6.29. The molecule has 5 nitrogen and oxygen atoms in total. The first kappa shape index (κ1) is 15.2. The van der Waals surface area contributed by atoms with Crippen LogP contribution >= 0.6 is 0 Å². The molecule has 2 aliphatic heterocycles. The molecule has 1 unspecified atom stereocenters. The third-order valence-electron chi connectivity index (χ3n) is 4.63. The fraction of sp³-hybridized carbons (Fsp3) is 0.588. The number of aliphatic hydroxyl groups excluding tert-OH is 1. The van der Waals surface area contributed by atoms with Gasteiger partial charge in [0.05, 0.1) is 6.10 Å². The van der Waals surface area contributed by atoms with Gasteiger partial charge in [0.15, 0.2) is 0 Å². The predicted molar refractivity (Wildman–Crippen MR) is 87.0 cm³/mol. The number of nitrogens with zero attached hydrogens (tertiary/aromatic N) is 2. The molecule has 5 heteroatoms. The average Bonchev–Trinajstić information content (AvgIpc) is 2.56. The van der Waals surface area contributed by atoms with Crippen molar-refractivity contribution in [1.29, 1.82) is 0 Å². The van der Waals surface area contributed by atoms with Gasteiger partial charge in [0.1, 0.15) is 0 Å². The Labute approximate surface area is 131 Å². The molecule has 2 N–H and O–H groups in total. The normalized spacial score (nSPS) is 23.4. The van der Waals surface area contributed by atoms with E-state index in [1.165, 1.54) is 5.69 Å². The van der Waals surface area contributed by atoms with Crippen molar-refractivity contribution in [2.24, 2.45) is 0 Å². The highest BCUT2D eigenvalue weighted by molar-refractivity contribution is 5.74. The minimum atomic E-state index is -0.362. The number of hydrogen-bond acceptors (Lipinski definition) is 3. The average molecular weight is 303 g/mol. The Bertz CT molecular complexity index is 486. The first-order chi connectivity index (χ1) is 10.7. The number of benzene rings is 1. The molecule has 22 heavy (non-hydrogen) atoms. The highest BCUT2D eigenvalue weighted by Gasteiger charge is 2.26. The van der Waals surface area contributed by atoms with Crippen LogP contribution in [0.1, 0.15) is 25.7 Å². The molecule has 120 valence electrons. The number of anilines is 1. The molecule has 2 heterocycles. The SMILES string of the molecule is O=C(NC1CCN(c2ccccc2)CC1)N1CCCC(O)C1. The number of rotatable bonds is 2. The van der Waals surface area contributed by atoms with Crippen LogP contribution in [0.3, 0.4) is 0 Å². The summed E-state index contributed by atoms with van der Waals surface area (Å²) in [6.07, 6.45) is 3.27. The molecule has 2 aliphatic rings. The Balaban J connectivity index is 1.46. The molecular weight excluding hydrogens is 278 g/mol. The summed E-state index contributed by atoms with van der Waals surface area (Å²) in [5, 5.41) is 12.8. The Kier molecular flexibility index (Phi) is 4.83. The van der Waals surface area contributed by atoms with E-state index in [-0.39, 0.29) is 18.2 Å². The summed E-state index contributed by atoms with van der Waals surface area (Å²) in [5.74, 6) is 0. The fourth-order valence-electron chi connectivity index (χ4n) is 3.33. The Morgan fingerprint density at radius 1 is 1.09 bits per heavy atom. The maximum atomic E-state index is 12.3. The molecule has 2 fully saturated rings. The number of aliphatic hydroxyl groups is 1. The first-order valence-corrected chi connectivity index (χ1v) is 8.26. The van der Waals surface area contributed by atoms with Crippen molar-refractivity contribution in [2.75, 3.05) is 31.1 Å². The van der Waals surface area contributed by atoms with Crippen LogP contribution in [-0.4, -0.2) is 54.4 Å². The van der Waals surface area contributed by atoms with Crippen molar-refractivity contribution in [3.63, 3.8) is 0 Å². The van der Waals surface area contributed by atoms with Crippen LogP contribution in [0.5, 0.6) is 0 Å². The molecule has 1 atom stereocenters. The van der Waals surface area contributed by atoms with Gasteiger partial charge in [0.2, 0.25) is 0 Å². The lowest BCUT2D eigenvalue weighted by molar-refractivity contribution is 0.0829. The van der Waals surface area contributed by atoms with Gasteiger partial charge in [-0.3, -0.25) is 0 Å². The van der Waals surface area contributed by atoms with Crippen LogP contribution in [0.25, 0.3) is 0 Å². The first-order valence-electron chi connectivity index (χ1n) is 8.26. The Morgan fingerprint density at radius 2 is 1.82 bits per heavy atom. The summed E-state index contributed by atoms with van der Waals surface area (Å²) < 4.78 is 0.